The monoisotopic (exact) mass is 252 g/mol. The van der Waals surface area contributed by atoms with Gasteiger partial charge >= 0.3 is 0 Å². The SMILES string of the molecule is CCNc1cc(NC(C)(C)COC)nc(CC)n1. The van der Waals surface area contributed by atoms with E-state index < -0.39 is 0 Å². The summed E-state index contributed by atoms with van der Waals surface area (Å²) in [6.07, 6.45) is 0.818. The number of ether oxygens (including phenoxy) is 1. The Labute approximate surface area is 109 Å². The van der Waals surface area contributed by atoms with E-state index >= 15 is 0 Å². The molecule has 0 aliphatic rings. The minimum atomic E-state index is -0.155. The van der Waals surface area contributed by atoms with Crippen LogP contribution in [-0.2, 0) is 11.2 Å². The Morgan fingerprint density at radius 1 is 1.22 bits per heavy atom. The van der Waals surface area contributed by atoms with Gasteiger partial charge in [0.25, 0.3) is 0 Å². The van der Waals surface area contributed by atoms with E-state index in [1.54, 1.807) is 7.11 Å². The first-order valence-corrected chi connectivity index (χ1v) is 6.39. The molecule has 0 spiro atoms. The topological polar surface area (TPSA) is 59.1 Å². The highest BCUT2D eigenvalue weighted by molar-refractivity contribution is 5.48. The van der Waals surface area contributed by atoms with Gasteiger partial charge in [-0.3, -0.25) is 0 Å². The van der Waals surface area contributed by atoms with Gasteiger partial charge in [0.05, 0.1) is 12.1 Å². The van der Waals surface area contributed by atoms with Crippen LogP contribution >= 0.6 is 0 Å². The Morgan fingerprint density at radius 3 is 2.44 bits per heavy atom. The molecule has 0 bridgehead atoms. The molecule has 18 heavy (non-hydrogen) atoms. The van der Waals surface area contributed by atoms with Crippen molar-refractivity contribution in [2.75, 3.05) is 30.9 Å². The van der Waals surface area contributed by atoms with Crippen LogP contribution in [-0.4, -0.2) is 35.8 Å². The molecule has 2 N–H and O–H groups in total. The standard InChI is InChI=1S/C13H24N4O/c1-6-10-15-11(14-7-2)8-12(16-10)17-13(3,4)9-18-5/h8H,6-7,9H2,1-5H3,(H2,14,15,16,17). The fourth-order valence-electron chi connectivity index (χ4n) is 1.73. The highest BCUT2D eigenvalue weighted by atomic mass is 16.5. The number of hydrogen-bond donors (Lipinski definition) is 2. The maximum Gasteiger partial charge on any atom is 0.132 e. The van der Waals surface area contributed by atoms with Crippen molar-refractivity contribution in [3.63, 3.8) is 0 Å². The molecule has 0 fully saturated rings. The van der Waals surface area contributed by atoms with Crippen molar-refractivity contribution in [2.45, 2.75) is 39.7 Å². The Bertz CT molecular complexity index is 379. The normalized spacial score (nSPS) is 11.4. The lowest BCUT2D eigenvalue weighted by Crippen LogP contribution is -2.36. The smallest absolute Gasteiger partial charge is 0.132 e. The highest BCUT2D eigenvalue weighted by Gasteiger charge is 2.18. The lowest BCUT2D eigenvalue weighted by atomic mass is 10.1. The fraction of sp³-hybridized carbons (Fsp3) is 0.692. The molecule has 5 heteroatoms. The number of nitrogens with one attached hydrogen (secondary N) is 2. The molecule has 1 aromatic heterocycles. The third-order valence-electron chi connectivity index (χ3n) is 2.42. The zero-order valence-corrected chi connectivity index (χ0v) is 12.0. The molecular formula is C13H24N4O. The van der Waals surface area contributed by atoms with Gasteiger partial charge in [-0.2, -0.15) is 0 Å². The van der Waals surface area contributed by atoms with Crippen LogP contribution in [0.2, 0.25) is 0 Å². The zero-order valence-electron chi connectivity index (χ0n) is 12.0. The lowest BCUT2D eigenvalue weighted by Gasteiger charge is -2.26. The molecular weight excluding hydrogens is 228 g/mol. The number of nitrogens with zero attached hydrogens (tertiary/aromatic N) is 2. The molecule has 0 aromatic carbocycles. The number of aryl methyl sites for hydroxylation is 1. The first kappa shape index (κ1) is 14.7. The molecule has 0 radical (unpaired) electrons. The summed E-state index contributed by atoms with van der Waals surface area (Å²) in [5.74, 6) is 2.53. The molecule has 0 atom stereocenters. The lowest BCUT2D eigenvalue weighted by molar-refractivity contribution is 0.158. The van der Waals surface area contributed by atoms with Crippen LogP contribution < -0.4 is 10.6 Å². The van der Waals surface area contributed by atoms with Gasteiger partial charge in [0.15, 0.2) is 0 Å². The van der Waals surface area contributed by atoms with Crippen LogP contribution in [0.15, 0.2) is 6.07 Å². The second kappa shape index (κ2) is 6.54. The van der Waals surface area contributed by atoms with Crippen molar-refractivity contribution in [2.24, 2.45) is 0 Å². The molecule has 102 valence electrons. The number of methoxy groups -OCH3 is 1. The molecule has 0 saturated heterocycles. The molecule has 1 aromatic rings. The van der Waals surface area contributed by atoms with Crippen LogP contribution in [0, 0.1) is 0 Å². The summed E-state index contributed by atoms with van der Waals surface area (Å²) in [5.41, 5.74) is -0.155. The summed E-state index contributed by atoms with van der Waals surface area (Å²) >= 11 is 0. The fourth-order valence-corrected chi connectivity index (χ4v) is 1.73. The van der Waals surface area contributed by atoms with Gasteiger partial charge in [-0.25, -0.2) is 9.97 Å². The molecule has 1 heterocycles. The molecule has 5 nitrogen and oxygen atoms in total. The van der Waals surface area contributed by atoms with Gasteiger partial charge in [-0.05, 0) is 20.8 Å². The minimum Gasteiger partial charge on any atom is -0.382 e. The van der Waals surface area contributed by atoms with Gasteiger partial charge in [0, 0.05) is 26.1 Å². The van der Waals surface area contributed by atoms with E-state index in [0.717, 1.165) is 30.4 Å². The average Bonchev–Trinajstić information content (AvgIpc) is 2.28. The van der Waals surface area contributed by atoms with Gasteiger partial charge in [-0.15, -0.1) is 0 Å². The van der Waals surface area contributed by atoms with Crippen molar-refractivity contribution < 1.29 is 4.74 Å². The summed E-state index contributed by atoms with van der Waals surface area (Å²) in [6, 6.07) is 1.93. The van der Waals surface area contributed by atoms with E-state index in [2.05, 4.69) is 48.3 Å². The van der Waals surface area contributed by atoms with Crippen molar-refractivity contribution in [1.29, 1.82) is 0 Å². The van der Waals surface area contributed by atoms with Gasteiger partial charge < -0.3 is 15.4 Å². The highest BCUT2D eigenvalue weighted by Crippen LogP contribution is 2.17. The van der Waals surface area contributed by atoms with E-state index in [9.17, 15) is 0 Å². The van der Waals surface area contributed by atoms with Crippen molar-refractivity contribution >= 4 is 11.6 Å². The van der Waals surface area contributed by atoms with Crippen molar-refractivity contribution in [1.82, 2.24) is 9.97 Å². The van der Waals surface area contributed by atoms with Gasteiger partial charge in [-0.1, -0.05) is 6.92 Å². The zero-order chi connectivity index (χ0) is 13.6. The Balaban J connectivity index is 2.90. The second-order valence-corrected chi connectivity index (χ2v) is 4.88. The number of hydrogen-bond acceptors (Lipinski definition) is 5. The molecule has 0 amide bonds. The Kier molecular flexibility index (Phi) is 5.34. The summed E-state index contributed by atoms with van der Waals surface area (Å²) in [4.78, 5) is 8.91. The third kappa shape index (κ3) is 4.49. The van der Waals surface area contributed by atoms with Gasteiger partial charge in [0.2, 0.25) is 0 Å². The predicted octanol–water partition coefficient (Wildman–Crippen LogP) is 2.31. The summed E-state index contributed by atoms with van der Waals surface area (Å²) < 4.78 is 5.19. The molecule has 0 aliphatic heterocycles. The number of anilines is 2. The van der Waals surface area contributed by atoms with E-state index in [-0.39, 0.29) is 5.54 Å². The van der Waals surface area contributed by atoms with Crippen LogP contribution in [0.4, 0.5) is 11.6 Å². The first-order chi connectivity index (χ1) is 8.50. The molecule has 0 saturated carbocycles. The summed E-state index contributed by atoms with van der Waals surface area (Å²) in [6.45, 7) is 9.73. The van der Waals surface area contributed by atoms with E-state index in [1.165, 1.54) is 0 Å². The minimum absolute atomic E-state index is 0.155. The number of aromatic nitrogens is 2. The molecule has 0 aliphatic carbocycles. The van der Waals surface area contributed by atoms with E-state index in [1.807, 2.05) is 6.07 Å². The van der Waals surface area contributed by atoms with Crippen LogP contribution in [0.5, 0.6) is 0 Å². The Hall–Kier alpha value is -1.36. The number of rotatable bonds is 7. The van der Waals surface area contributed by atoms with Crippen molar-refractivity contribution in [3.05, 3.63) is 11.9 Å². The van der Waals surface area contributed by atoms with E-state index in [4.69, 9.17) is 4.74 Å². The quantitative estimate of drug-likeness (QED) is 0.780. The van der Waals surface area contributed by atoms with Gasteiger partial charge in [0.1, 0.15) is 17.5 Å². The second-order valence-electron chi connectivity index (χ2n) is 4.88. The van der Waals surface area contributed by atoms with E-state index in [0.29, 0.717) is 6.61 Å². The molecule has 1 rings (SSSR count). The maximum atomic E-state index is 5.19. The van der Waals surface area contributed by atoms with Crippen LogP contribution in [0.1, 0.15) is 33.5 Å². The molecule has 0 unspecified atom stereocenters. The third-order valence-corrected chi connectivity index (χ3v) is 2.42. The van der Waals surface area contributed by atoms with Crippen molar-refractivity contribution in [3.8, 4) is 0 Å². The average molecular weight is 252 g/mol. The maximum absolute atomic E-state index is 5.19. The predicted molar refractivity (Wildman–Crippen MR) is 75.2 cm³/mol. The first-order valence-electron chi connectivity index (χ1n) is 6.39. The van der Waals surface area contributed by atoms with Crippen LogP contribution in [0.25, 0.3) is 0 Å². The summed E-state index contributed by atoms with van der Waals surface area (Å²) in [7, 11) is 1.70. The Morgan fingerprint density at radius 2 is 1.89 bits per heavy atom. The largest absolute Gasteiger partial charge is 0.382 e. The summed E-state index contributed by atoms with van der Waals surface area (Å²) in [5, 5.41) is 6.59. The van der Waals surface area contributed by atoms with Crippen LogP contribution in [0.3, 0.4) is 0 Å².